The monoisotopic (exact) mass is 216 g/mol. The average Bonchev–Trinajstić information content (AvgIpc) is 2.30. The molecule has 1 aromatic carbocycles. The zero-order valence-corrected chi connectivity index (χ0v) is 10.1. The Morgan fingerprint density at radius 2 is 1.88 bits per heavy atom. The normalized spacial score (nSPS) is 26.1. The van der Waals surface area contributed by atoms with Crippen LogP contribution in [0, 0.1) is 11.8 Å². The predicted octanol–water partition coefficient (Wildman–Crippen LogP) is 3.63. The molecule has 0 bridgehead atoms. The van der Waals surface area contributed by atoms with Gasteiger partial charge in [-0.05, 0) is 11.5 Å². The van der Waals surface area contributed by atoms with Crippen molar-refractivity contribution < 1.29 is 4.74 Å². The molecule has 86 valence electrons. The first-order valence-electron chi connectivity index (χ1n) is 6.01. The van der Waals surface area contributed by atoms with Gasteiger partial charge in [0.2, 0.25) is 0 Å². The molecule has 1 aromatic rings. The molecule has 1 saturated heterocycles. The van der Waals surface area contributed by atoms with Gasteiger partial charge in [0.15, 0.2) is 0 Å². The van der Waals surface area contributed by atoms with Crippen LogP contribution in [0.1, 0.15) is 25.3 Å². The lowest BCUT2D eigenvalue weighted by atomic mass is 9.78. The minimum Gasteiger partial charge on any atom is -0.380 e. The number of rotatable bonds is 2. The van der Waals surface area contributed by atoms with E-state index in [1.54, 1.807) is 0 Å². The summed E-state index contributed by atoms with van der Waals surface area (Å²) in [7, 11) is 0. The van der Waals surface area contributed by atoms with Gasteiger partial charge in [-0.25, -0.2) is 0 Å². The highest BCUT2D eigenvalue weighted by atomic mass is 16.5. The summed E-state index contributed by atoms with van der Waals surface area (Å²) in [6.07, 6.45) is 0. The molecular formula is C15H20O. The van der Waals surface area contributed by atoms with Gasteiger partial charge in [0.1, 0.15) is 0 Å². The zero-order valence-electron chi connectivity index (χ0n) is 10.1. The Kier molecular flexibility index (Phi) is 3.45. The van der Waals surface area contributed by atoms with E-state index in [-0.39, 0.29) is 0 Å². The molecule has 1 heteroatoms. The van der Waals surface area contributed by atoms with Crippen molar-refractivity contribution in [1.82, 2.24) is 0 Å². The SMILES string of the molecule is C=C1C(c2ccccc2)COCC1C(C)C. The van der Waals surface area contributed by atoms with E-state index in [2.05, 4.69) is 50.8 Å². The molecule has 0 spiro atoms. The number of hydrogen-bond acceptors (Lipinski definition) is 1. The van der Waals surface area contributed by atoms with E-state index in [9.17, 15) is 0 Å². The second kappa shape index (κ2) is 4.84. The van der Waals surface area contributed by atoms with Crippen LogP contribution in [0.15, 0.2) is 42.5 Å². The minimum atomic E-state index is 0.377. The fourth-order valence-electron chi connectivity index (χ4n) is 2.40. The molecule has 1 nitrogen and oxygen atoms in total. The Bertz CT molecular complexity index is 353. The largest absolute Gasteiger partial charge is 0.380 e. The summed E-state index contributed by atoms with van der Waals surface area (Å²) in [6, 6.07) is 10.6. The van der Waals surface area contributed by atoms with Crippen LogP contribution < -0.4 is 0 Å². The van der Waals surface area contributed by atoms with Crippen molar-refractivity contribution in [2.75, 3.05) is 13.2 Å². The van der Waals surface area contributed by atoms with Gasteiger partial charge in [-0.2, -0.15) is 0 Å². The molecule has 0 N–H and O–H groups in total. The van der Waals surface area contributed by atoms with Crippen LogP contribution in [0.4, 0.5) is 0 Å². The maximum absolute atomic E-state index is 5.72. The van der Waals surface area contributed by atoms with Gasteiger partial charge in [-0.3, -0.25) is 0 Å². The molecule has 1 heterocycles. The summed E-state index contributed by atoms with van der Waals surface area (Å²) in [4.78, 5) is 0. The summed E-state index contributed by atoms with van der Waals surface area (Å²) >= 11 is 0. The smallest absolute Gasteiger partial charge is 0.0572 e. The Balaban J connectivity index is 2.20. The first-order valence-corrected chi connectivity index (χ1v) is 6.01. The van der Waals surface area contributed by atoms with Gasteiger partial charge in [0.05, 0.1) is 13.2 Å². The second-order valence-electron chi connectivity index (χ2n) is 4.93. The second-order valence-corrected chi connectivity index (χ2v) is 4.93. The van der Waals surface area contributed by atoms with Crippen molar-refractivity contribution in [2.24, 2.45) is 11.8 Å². The van der Waals surface area contributed by atoms with E-state index in [0.717, 1.165) is 13.2 Å². The number of ether oxygens (including phenoxy) is 1. The molecule has 1 aliphatic heterocycles. The Hall–Kier alpha value is -1.08. The highest BCUT2D eigenvalue weighted by Crippen LogP contribution is 2.36. The Morgan fingerprint density at radius 3 is 2.50 bits per heavy atom. The fraction of sp³-hybridized carbons (Fsp3) is 0.467. The lowest BCUT2D eigenvalue weighted by molar-refractivity contribution is 0.0571. The highest BCUT2D eigenvalue weighted by Gasteiger charge is 2.29. The minimum absolute atomic E-state index is 0.377. The van der Waals surface area contributed by atoms with Crippen LogP contribution >= 0.6 is 0 Å². The van der Waals surface area contributed by atoms with Crippen LogP contribution in [0.25, 0.3) is 0 Å². The third kappa shape index (κ3) is 2.19. The van der Waals surface area contributed by atoms with Crippen LogP contribution in [0.2, 0.25) is 0 Å². The van der Waals surface area contributed by atoms with Crippen molar-refractivity contribution in [3.63, 3.8) is 0 Å². The van der Waals surface area contributed by atoms with Gasteiger partial charge < -0.3 is 4.74 Å². The molecule has 2 unspecified atom stereocenters. The number of hydrogen-bond donors (Lipinski definition) is 0. The zero-order chi connectivity index (χ0) is 11.5. The summed E-state index contributed by atoms with van der Waals surface area (Å²) in [5.74, 6) is 1.49. The van der Waals surface area contributed by atoms with E-state index >= 15 is 0 Å². The summed E-state index contributed by atoms with van der Waals surface area (Å²) in [5.41, 5.74) is 2.67. The molecule has 1 aliphatic rings. The quantitative estimate of drug-likeness (QED) is 0.686. The van der Waals surface area contributed by atoms with Gasteiger partial charge in [-0.1, -0.05) is 56.3 Å². The number of benzene rings is 1. The lowest BCUT2D eigenvalue weighted by Gasteiger charge is -2.34. The maximum Gasteiger partial charge on any atom is 0.0572 e. The van der Waals surface area contributed by atoms with Gasteiger partial charge in [0, 0.05) is 11.8 Å². The van der Waals surface area contributed by atoms with Crippen molar-refractivity contribution in [3.05, 3.63) is 48.0 Å². The van der Waals surface area contributed by atoms with Gasteiger partial charge >= 0.3 is 0 Å². The third-order valence-electron chi connectivity index (χ3n) is 3.51. The van der Waals surface area contributed by atoms with Crippen molar-refractivity contribution in [2.45, 2.75) is 19.8 Å². The molecule has 0 aromatic heterocycles. The lowest BCUT2D eigenvalue weighted by Crippen LogP contribution is -2.29. The summed E-state index contributed by atoms with van der Waals surface area (Å²) in [6.45, 7) is 10.4. The van der Waals surface area contributed by atoms with E-state index in [4.69, 9.17) is 4.74 Å². The van der Waals surface area contributed by atoms with Gasteiger partial charge in [0.25, 0.3) is 0 Å². The first kappa shape index (κ1) is 11.4. The van der Waals surface area contributed by atoms with Crippen LogP contribution in [0.3, 0.4) is 0 Å². The van der Waals surface area contributed by atoms with Gasteiger partial charge in [-0.15, -0.1) is 0 Å². The Morgan fingerprint density at radius 1 is 1.19 bits per heavy atom. The van der Waals surface area contributed by atoms with Crippen LogP contribution in [-0.4, -0.2) is 13.2 Å². The van der Waals surface area contributed by atoms with E-state index in [1.165, 1.54) is 11.1 Å². The average molecular weight is 216 g/mol. The topological polar surface area (TPSA) is 9.23 Å². The molecule has 0 radical (unpaired) electrons. The molecule has 2 rings (SSSR count). The van der Waals surface area contributed by atoms with Crippen molar-refractivity contribution in [1.29, 1.82) is 0 Å². The predicted molar refractivity (Wildman–Crippen MR) is 67.5 cm³/mol. The molecular weight excluding hydrogens is 196 g/mol. The molecule has 2 atom stereocenters. The van der Waals surface area contributed by atoms with E-state index < -0.39 is 0 Å². The van der Waals surface area contributed by atoms with Crippen molar-refractivity contribution in [3.8, 4) is 0 Å². The van der Waals surface area contributed by atoms with E-state index in [0.29, 0.717) is 17.8 Å². The standard InChI is InChI=1S/C15H20O/c1-11(2)14-9-16-10-15(12(14)3)13-7-5-4-6-8-13/h4-8,11,14-15H,3,9-10H2,1-2H3. The first-order chi connectivity index (χ1) is 7.70. The van der Waals surface area contributed by atoms with Crippen molar-refractivity contribution >= 4 is 0 Å². The molecule has 1 fully saturated rings. The molecule has 16 heavy (non-hydrogen) atoms. The highest BCUT2D eigenvalue weighted by molar-refractivity contribution is 5.30. The molecule has 0 aliphatic carbocycles. The molecule has 0 amide bonds. The third-order valence-corrected chi connectivity index (χ3v) is 3.51. The maximum atomic E-state index is 5.72. The molecule has 0 saturated carbocycles. The van der Waals surface area contributed by atoms with Crippen LogP contribution in [0.5, 0.6) is 0 Å². The fourth-order valence-corrected chi connectivity index (χ4v) is 2.40. The van der Waals surface area contributed by atoms with Crippen LogP contribution in [-0.2, 0) is 4.74 Å². The Labute approximate surface area is 98.1 Å². The summed E-state index contributed by atoms with van der Waals surface area (Å²) < 4.78 is 5.72. The van der Waals surface area contributed by atoms with E-state index in [1.807, 2.05) is 0 Å². The summed E-state index contributed by atoms with van der Waals surface area (Å²) in [5, 5.41) is 0.